The van der Waals surface area contributed by atoms with E-state index in [1.807, 2.05) is 31.2 Å². The Labute approximate surface area is 129 Å². The zero-order valence-corrected chi connectivity index (χ0v) is 12.6. The van der Waals surface area contributed by atoms with Crippen molar-refractivity contribution >= 4 is 11.6 Å². The van der Waals surface area contributed by atoms with Gasteiger partial charge in [0.2, 0.25) is 5.91 Å². The molecule has 22 heavy (non-hydrogen) atoms. The Morgan fingerprint density at radius 2 is 2.05 bits per heavy atom. The summed E-state index contributed by atoms with van der Waals surface area (Å²) < 4.78 is 1.40. The van der Waals surface area contributed by atoms with Crippen LogP contribution in [0, 0.1) is 6.92 Å². The molecule has 0 aliphatic heterocycles. The SMILES string of the molecule is Cc1ccccc1NC(=O)Cn1cnc2c(c1=O)CCCC2. The summed E-state index contributed by atoms with van der Waals surface area (Å²) in [5, 5.41) is 2.84. The molecule has 1 heterocycles. The monoisotopic (exact) mass is 297 g/mol. The molecule has 114 valence electrons. The minimum Gasteiger partial charge on any atom is -0.324 e. The molecule has 0 atom stereocenters. The Kier molecular flexibility index (Phi) is 4.04. The summed E-state index contributed by atoms with van der Waals surface area (Å²) in [6, 6.07) is 7.57. The van der Waals surface area contributed by atoms with Crippen LogP contribution in [0.3, 0.4) is 0 Å². The first-order valence-corrected chi connectivity index (χ1v) is 7.58. The molecule has 1 aliphatic rings. The van der Waals surface area contributed by atoms with Gasteiger partial charge in [0, 0.05) is 11.3 Å². The predicted octanol–water partition coefficient (Wildman–Crippen LogP) is 2.07. The maximum absolute atomic E-state index is 12.4. The van der Waals surface area contributed by atoms with E-state index in [0.717, 1.165) is 48.2 Å². The van der Waals surface area contributed by atoms with Crippen LogP contribution in [0.15, 0.2) is 35.4 Å². The number of rotatable bonds is 3. The lowest BCUT2D eigenvalue weighted by Crippen LogP contribution is -2.32. The van der Waals surface area contributed by atoms with Crippen molar-refractivity contribution in [2.45, 2.75) is 39.2 Å². The first-order chi connectivity index (χ1) is 10.6. The molecule has 1 N–H and O–H groups in total. The number of nitrogens with zero attached hydrogens (tertiary/aromatic N) is 2. The van der Waals surface area contributed by atoms with E-state index in [0.29, 0.717) is 0 Å². The number of anilines is 1. The van der Waals surface area contributed by atoms with Crippen molar-refractivity contribution in [1.29, 1.82) is 0 Å². The lowest BCUT2D eigenvalue weighted by molar-refractivity contribution is -0.116. The minimum absolute atomic E-state index is 0.00650. The number of benzene rings is 1. The fourth-order valence-corrected chi connectivity index (χ4v) is 2.80. The molecule has 0 unspecified atom stereocenters. The third-order valence-corrected chi connectivity index (χ3v) is 4.04. The number of carbonyl (C=O) groups is 1. The average Bonchev–Trinajstić information content (AvgIpc) is 2.53. The normalized spacial score (nSPS) is 13.5. The molecule has 0 saturated heterocycles. The molecular formula is C17H19N3O2. The second-order valence-corrected chi connectivity index (χ2v) is 5.67. The molecule has 0 spiro atoms. The highest BCUT2D eigenvalue weighted by molar-refractivity contribution is 5.91. The van der Waals surface area contributed by atoms with Crippen LogP contribution in [0.4, 0.5) is 5.69 Å². The summed E-state index contributed by atoms with van der Waals surface area (Å²) in [5.74, 6) is -0.214. The highest BCUT2D eigenvalue weighted by Gasteiger charge is 2.16. The van der Waals surface area contributed by atoms with Crippen LogP contribution < -0.4 is 10.9 Å². The zero-order valence-electron chi connectivity index (χ0n) is 12.6. The fraction of sp³-hybridized carbons (Fsp3) is 0.353. The number of hydrogen-bond donors (Lipinski definition) is 1. The summed E-state index contributed by atoms with van der Waals surface area (Å²) in [6.07, 6.45) is 5.21. The van der Waals surface area contributed by atoms with Gasteiger partial charge in [0.15, 0.2) is 0 Å². The van der Waals surface area contributed by atoms with Crippen molar-refractivity contribution in [3.63, 3.8) is 0 Å². The smallest absolute Gasteiger partial charge is 0.257 e. The molecule has 1 aromatic carbocycles. The van der Waals surface area contributed by atoms with Gasteiger partial charge >= 0.3 is 0 Å². The highest BCUT2D eigenvalue weighted by atomic mass is 16.2. The molecule has 1 aliphatic carbocycles. The van der Waals surface area contributed by atoms with E-state index in [2.05, 4.69) is 10.3 Å². The van der Waals surface area contributed by atoms with Gasteiger partial charge in [0.05, 0.1) is 12.0 Å². The third kappa shape index (κ3) is 2.93. The zero-order chi connectivity index (χ0) is 15.5. The molecule has 0 fully saturated rings. The van der Waals surface area contributed by atoms with E-state index in [-0.39, 0.29) is 18.0 Å². The quantitative estimate of drug-likeness (QED) is 0.943. The molecule has 0 saturated carbocycles. The molecule has 5 nitrogen and oxygen atoms in total. The number of aryl methyl sites for hydroxylation is 2. The topological polar surface area (TPSA) is 64.0 Å². The van der Waals surface area contributed by atoms with Crippen LogP contribution in [0.2, 0.25) is 0 Å². The number of aromatic nitrogens is 2. The highest BCUT2D eigenvalue weighted by Crippen LogP contribution is 2.15. The van der Waals surface area contributed by atoms with E-state index in [1.165, 1.54) is 10.9 Å². The number of carbonyl (C=O) groups excluding carboxylic acids is 1. The van der Waals surface area contributed by atoms with E-state index >= 15 is 0 Å². The Morgan fingerprint density at radius 3 is 2.86 bits per heavy atom. The first-order valence-electron chi connectivity index (χ1n) is 7.58. The third-order valence-electron chi connectivity index (χ3n) is 4.04. The van der Waals surface area contributed by atoms with Crippen molar-refractivity contribution in [3.8, 4) is 0 Å². The number of para-hydroxylation sites is 1. The summed E-state index contributed by atoms with van der Waals surface area (Å²) in [5.41, 5.74) is 3.35. The lowest BCUT2D eigenvalue weighted by atomic mass is 9.97. The maximum Gasteiger partial charge on any atom is 0.257 e. The van der Waals surface area contributed by atoms with Crippen LogP contribution in [-0.4, -0.2) is 15.5 Å². The van der Waals surface area contributed by atoms with Crippen LogP contribution in [0.5, 0.6) is 0 Å². The van der Waals surface area contributed by atoms with Gasteiger partial charge in [-0.2, -0.15) is 0 Å². The van der Waals surface area contributed by atoms with E-state index in [1.54, 1.807) is 0 Å². The lowest BCUT2D eigenvalue weighted by Gasteiger charge is -2.15. The van der Waals surface area contributed by atoms with Gasteiger partial charge in [0.25, 0.3) is 5.56 Å². The Balaban J connectivity index is 1.77. The van der Waals surface area contributed by atoms with Gasteiger partial charge in [-0.05, 0) is 44.2 Å². The van der Waals surface area contributed by atoms with Gasteiger partial charge < -0.3 is 5.32 Å². The summed E-state index contributed by atoms with van der Waals surface area (Å²) in [4.78, 5) is 28.9. The fourth-order valence-electron chi connectivity index (χ4n) is 2.80. The van der Waals surface area contributed by atoms with Crippen LogP contribution in [0.25, 0.3) is 0 Å². The van der Waals surface area contributed by atoms with Gasteiger partial charge in [-0.3, -0.25) is 14.2 Å². The first kappa shape index (κ1) is 14.5. The van der Waals surface area contributed by atoms with Crippen molar-refractivity contribution in [2.24, 2.45) is 0 Å². The number of amides is 1. The second-order valence-electron chi connectivity index (χ2n) is 5.67. The average molecular weight is 297 g/mol. The molecule has 5 heteroatoms. The summed E-state index contributed by atoms with van der Waals surface area (Å²) in [7, 11) is 0. The molecule has 0 radical (unpaired) electrons. The van der Waals surface area contributed by atoms with Crippen LogP contribution >= 0.6 is 0 Å². The Morgan fingerprint density at radius 1 is 1.27 bits per heavy atom. The number of fused-ring (bicyclic) bond motifs is 1. The van der Waals surface area contributed by atoms with Crippen molar-refractivity contribution in [1.82, 2.24) is 9.55 Å². The van der Waals surface area contributed by atoms with Crippen LogP contribution in [0.1, 0.15) is 29.7 Å². The van der Waals surface area contributed by atoms with Crippen molar-refractivity contribution < 1.29 is 4.79 Å². The molecule has 1 amide bonds. The van der Waals surface area contributed by atoms with Crippen LogP contribution in [-0.2, 0) is 24.2 Å². The molecule has 2 aromatic rings. The Hall–Kier alpha value is -2.43. The predicted molar refractivity (Wildman–Crippen MR) is 84.9 cm³/mol. The van der Waals surface area contributed by atoms with Gasteiger partial charge in [0.1, 0.15) is 6.54 Å². The van der Waals surface area contributed by atoms with Crippen molar-refractivity contribution in [2.75, 3.05) is 5.32 Å². The molecule has 1 aromatic heterocycles. The summed E-state index contributed by atoms with van der Waals surface area (Å²) in [6.45, 7) is 1.93. The number of hydrogen-bond acceptors (Lipinski definition) is 3. The second kappa shape index (κ2) is 6.13. The largest absolute Gasteiger partial charge is 0.324 e. The number of nitrogens with one attached hydrogen (secondary N) is 1. The standard InChI is InChI=1S/C17H19N3O2/c1-12-6-2-4-8-14(12)19-16(21)10-20-11-18-15-9-5-3-7-13(15)17(20)22/h2,4,6,8,11H,3,5,7,9-10H2,1H3,(H,19,21). The Bertz CT molecular complexity index is 765. The summed E-state index contributed by atoms with van der Waals surface area (Å²) >= 11 is 0. The van der Waals surface area contributed by atoms with Gasteiger partial charge in [-0.15, -0.1) is 0 Å². The molecule has 3 rings (SSSR count). The van der Waals surface area contributed by atoms with Crippen molar-refractivity contribution in [3.05, 3.63) is 57.8 Å². The van der Waals surface area contributed by atoms with E-state index in [9.17, 15) is 9.59 Å². The molecular weight excluding hydrogens is 278 g/mol. The van der Waals surface area contributed by atoms with Gasteiger partial charge in [-0.25, -0.2) is 4.98 Å². The maximum atomic E-state index is 12.4. The van der Waals surface area contributed by atoms with Gasteiger partial charge in [-0.1, -0.05) is 18.2 Å². The van der Waals surface area contributed by atoms with E-state index in [4.69, 9.17) is 0 Å². The molecule has 0 bridgehead atoms. The van der Waals surface area contributed by atoms with E-state index < -0.39 is 0 Å². The minimum atomic E-state index is -0.214.